The van der Waals surface area contributed by atoms with Gasteiger partial charge in [-0.15, -0.1) is 0 Å². The molecule has 0 radical (unpaired) electrons. The van der Waals surface area contributed by atoms with E-state index in [1.165, 1.54) is 0 Å². The van der Waals surface area contributed by atoms with Gasteiger partial charge in [-0.2, -0.15) is 5.90 Å². The van der Waals surface area contributed by atoms with Crippen LogP contribution in [0.3, 0.4) is 0 Å². The maximum absolute atomic E-state index is 10.2. The van der Waals surface area contributed by atoms with E-state index in [4.69, 9.17) is 19.7 Å². The highest BCUT2D eigenvalue weighted by Gasteiger charge is 1.96. The predicted octanol–water partition coefficient (Wildman–Crippen LogP) is -0.402. The van der Waals surface area contributed by atoms with E-state index in [9.17, 15) is 4.79 Å². The molecule has 0 unspecified atom stereocenters. The van der Waals surface area contributed by atoms with E-state index in [-0.39, 0.29) is 19.2 Å². The second kappa shape index (κ2) is 18.6. The molecular formula is C11H25NO6. The van der Waals surface area contributed by atoms with Crippen molar-refractivity contribution in [1.82, 2.24) is 0 Å². The summed E-state index contributed by atoms with van der Waals surface area (Å²) in [7, 11) is 0. The standard InChI is InChI=1S/C6H14O4.C5H11NO2/c7-1-3-9-5-6-10-4-2-8;1-2-3-4-5(7)8-6/h7-8H,1-6H2;2-4,6H2,1H3. The molecule has 0 heterocycles. The van der Waals surface area contributed by atoms with Crippen molar-refractivity contribution in [2.45, 2.75) is 26.2 Å². The van der Waals surface area contributed by atoms with Gasteiger partial charge in [0.05, 0.1) is 39.6 Å². The van der Waals surface area contributed by atoms with Crippen molar-refractivity contribution in [2.75, 3.05) is 39.6 Å². The van der Waals surface area contributed by atoms with Crippen LogP contribution in [0.1, 0.15) is 26.2 Å². The lowest BCUT2D eigenvalue weighted by Gasteiger charge is -2.01. The number of unbranched alkanes of at least 4 members (excludes halogenated alkanes) is 1. The highest BCUT2D eigenvalue weighted by molar-refractivity contribution is 5.68. The zero-order valence-corrected chi connectivity index (χ0v) is 11.0. The molecule has 0 bridgehead atoms. The molecule has 0 aliphatic heterocycles. The summed E-state index contributed by atoms with van der Waals surface area (Å²) >= 11 is 0. The first kappa shape index (κ1) is 19.6. The molecule has 0 rings (SSSR count). The van der Waals surface area contributed by atoms with Gasteiger partial charge in [0.1, 0.15) is 0 Å². The molecule has 0 aromatic carbocycles. The largest absolute Gasteiger partial charge is 0.394 e. The Morgan fingerprint density at radius 2 is 1.56 bits per heavy atom. The first-order chi connectivity index (χ1) is 8.72. The van der Waals surface area contributed by atoms with Crippen LogP contribution < -0.4 is 5.90 Å². The summed E-state index contributed by atoms with van der Waals surface area (Å²) in [5.41, 5.74) is 0. The van der Waals surface area contributed by atoms with Gasteiger partial charge in [-0.05, 0) is 6.42 Å². The molecule has 0 spiro atoms. The molecule has 0 fully saturated rings. The molecule has 7 nitrogen and oxygen atoms in total. The predicted molar refractivity (Wildman–Crippen MR) is 65.6 cm³/mol. The van der Waals surface area contributed by atoms with Gasteiger partial charge in [-0.3, -0.25) is 4.79 Å². The van der Waals surface area contributed by atoms with Crippen LogP contribution in [0.2, 0.25) is 0 Å². The second-order valence-corrected chi connectivity index (χ2v) is 3.27. The van der Waals surface area contributed by atoms with E-state index in [1.807, 2.05) is 6.92 Å². The van der Waals surface area contributed by atoms with Crippen LogP contribution in [0.25, 0.3) is 0 Å². The Bertz CT molecular complexity index is 160. The van der Waals surface area contributed by atoms with Crippen molar-refractivity contribution in [2.24, 2.45) is 5.90 Å². The topological polar surface area (TPSA) is 111 Å². The number of nitrogens with two attached hydrogens (primary N) is 1. The van der Waals surface area contributed by atoms with E-state index >= 15 is 0 Å². The molecule has 18 heavy (non-hydrogen) atoms. The summed E-state index contributed by atoms with van der Waals surface area (Å²) in [4.78, 5) is 14.1. The first-order valence-electron chi connectivity index (χ1n) is 5.99. The number of carbonyl (C=O) groups excluding carboxylic acids is 1. The summed E-state index contributed by atoms with van der Waals surface area (Å²) < 4.78 is 9.75. The summed E-state index contributed by atoms with van der Waals surface area (Å²) in [6.45, 7) is 3.73. The van der Waals surface area contributed by atoms with E-state index in [0.717, 1.165) is 12.8 Å². The summed E-state index contributed by atoms with van der Waals surface area (Å²) in [5.74, 6) is 4.24. The Kier molecular flexibility index (Phi) is 20.3. The van der Waals surface area contributed by atoms with Crippen LogP contribution >= 0.6 is 0 Å². The average molecular weight is 267 g/mol. The minimum absolute atomic E-state index is 0.0417. The Morgan fingerprint density at radius 1 is 1.06 bits per heavy atom. The fraction of sp³-hybridized carbons (Fsp3) is 0.909. The molecule has 0 saturated heterocycles. The lowest BCUT2D eigenvalue weighted by atomic mass is 10.3. The van der Waals surface area contributed by atoms with E-state index in [1.54, 1.807) is 0 Å². The average Bonchev–Trinajstić information content (AvgIpc) is 2.40. The third kappa shape index (κ3) is 20.7. The Hall–Kier alpha value is -0.730. The lowest BCUT2D eigenvalue weighted by Crippen LogP contribution is -2.09. The molecule has 7 heteroatoms. The third-order valence-electron chi connectivity index (χ3n) is 1.71. The molecule has 0 aromatic rings. The van der Waals surface area contributed by atoms with Crippen LogP contribution in [-0.4, -0.2) is 55.8 Å². The zero-order chi connectivity index (χ0) is 14.1. The van der Waals surface area contributed by atoms with Crippen molar-refractivity contribution in [3.63, 3.8) is 0 Å². The highest BCUT2D eigenvalue weighted by Crippen LogP contribution is 1.93. The molecule has 0 aromatic heterocycles. The van der Waals surface area contributed by atoms with Crippen molar-refractivity contribution < 1.29 is 29.3 Å². The number of rotatable bonds is 10. The molecule has 0 atom stereocenters. The molecule has 0 aliphatic rings. The van der Waals surface area contributed by atoms with Gasteiger partial charge < -0.3 is 24.5 Å². The third-order valence-corrected chi connectivity index (χ3v) is 1.71. The molecular weight excluding hydrogens is 242 g/mol. The molecule has 0 amide bonds. The SMILES string of the molecule is CCCCC(=O)ON.OCCOCCOCCO. The fourth-order valence-electron chi connectivity index (χ4n) is 0.831. The number of ether oxygens (including phenoxy) is 2. The van der Waals surface area contributed by atoms with Gasteiger partial charge in [0, 0.05) is 6.42 Å². The summed E-state index contributed by atoms with van der Waals surface area (Å²) in [5, 5.41) is 16.5. The minimum Gasteiger partial charge on any atom is -0.394 e. The van der Waals surface area contributed by atoms with Crippen LogP contribution in [0.5, 0.6) is 0 Å². The number of hydrogen-bond acceptors (Lipinski definition) is 7. The lowest BCUT2D eigenvalue weighted by molar-refractivity contribution is -0.144. The van der Waals surface area contributed by atoms with Crippen molar-refractivity contribution in [3.05, 3.63) is 0 Å². The molecule has 0 saturated carbocycles. The molecule has 4 N–H and O–H groups in total. The summed E-state index contributed by atoms with van der Waals surface area (Å²) in [6, 6.07) is 0. The summed E-state index contributed by atoms with van der Waals surface area (Å²) in [6.07, 6.45) is 2.29. The van der Waals surface area contributed by atoms with Crippen LogP contribution in [0.4, 0.5) is 0 Å². The van der Waals surface area contributed by atoms with Crippen molar-refractivity contribution in [1.29, 1.82) is 0 Å². The smallest absolute Gasteiger partial charge is 0.324 e. The number of aliphatic hydroxyl groups is 2. The van der Waals surface area contributed by atoms with Gasteiger partial charge in [0.2, 0.25) is 0 Å². The van der Waals surface area contributed by atoms with Crippen LogP contribution in [0.15, 0.2) is 0 Å². The van der Waals surface area contributed by atoms with Gasteiger partial charge >= 0.3 is 5.97 Å². The second-order valence-electron chi connectivity index (χ2n) is 3.27. The molecule has 110 valence electrons. The van der Waals surface area contributed by atoms with E-state index in [0.29, 0.717) is 32.8 Å². The Labute approximate surface area is 108 Å². The Balaban J connectivity index is 0. The molecule has 0 aliphatic carbocycles. The fourth-order valence-corrected chi connectivity index (χ4v) is 0.831. The number of hydrogen-bond donors (Lipinski definition) is 3. The maximum atomic E-state index is 10.2. The maximum Gasteiger partial charge on any atom is 0.324 e. The van der Waals surface area contributed by atoms with E-state index in [2.05, 4.69) is 10.7 Å². The van der Waals surface area contributed by atoms with Gasteiger partial charge in [-0.1, -0.05) is 13.3 Å². The van der Waals surface area contributed by atoms with Gasteiger partial charge in [0.25, 0.3) is 0 Å². The van der Waals surface area contributed by atoms with E-state index < -0.39 is 0 Å². The van der Waals surface area contributed by atoms with Gasteiger partial charge in [-0.25, -0.2) is 0 Å². The minimum atomic E-state index is -0.327. The first-order valence-corrected chi connectivity index (χ1v) is 5.99. The quantitative estimate of drug-likeness (QED) is 0.364. The number of carbonyl (C=O) groups is 1. The van der Waals surface area contributed by atoms with Crippen molar-refractivity contribution in [3.8, 4) is 0 Å². The highest BCUT2D eigenvalue weighted by atomic mass is 16.7. The monoisotopic (exact) mass is 267 g/mol. The van der Waals surface area contributed by atoms with Crippen LogP contribution in [0, 0.1) is 0 Å². The van der Waals surface area contributed by atoms with Gasteiger partial charge in [0.15, 0.2) is 0 Å². The normalized spacial score (nSPS) is 9.56. The zero-order valence-electron chi connectivity index (χ0n) is 11.0. The van der Waals surface area contributed by atoms with Crippen molar-refractivity contribution >= 4 is 5.97 Å². The van der Waals surface area contributed by atoms with Crippen LogP contribution in [-0.2, 0) is 19.1 Å². The number of aliphatic hydroxyl groups excluding tert-OH is 2. The Morgan fingerprint density at radius 3 is 1.89 bits per heavy atom.